The van der Waals surface area contributed by atoms with Crippen molar-refractivity contribution in [3.05, 3.63) is 47.3 Å². The molecule has 0 amide bonds. The Kier molecular flexibility index (Phi) is 4.51. The summed E-state index contributed by atoms with van der Waals surface area (Å²) in [5, 5.41) is 0.843. The zero-order chi connectivity index (χ0) is 14.8. The molecule has 0 aliphatic heterocycles. The van der Waals surface area contributed by atoms with Gasteiger partial charge in [0.2, 0.25) is 0 Å². The topological polar surface area (TPSA) is 43.8 Å². The molecule has 2 aromatic rings. The van der Waals surface area contributed by atoms with E-state index in [1.807, 2.05) is 10.8 Å². The van der Waals surface area contributed by atoms with Gasteiger partial charge in [0.1, 0.15) is 11.6 Å². The van der Waals surface area contributed by atoms with Crippen molar-refractivity contribution in [2.75, 3.05) is 12.3 Å². The van der Waals surface area contributed by atoms with Crippen LogP contribution in [0.3, 0.4) is 0 Å². The molecule has 0 saturated heterocycles. The number of aromatic nitrogens is 2. The van der Waals surface area contributed by atoms with Gasteiger partial charge in [-0.2, -0.15) is 0 Å². The van der Waals surface area contributed by atoms with Crippen LogP contribution in [0.15, 0.2) is 29.7 Å². The molecule has 0 saturated carbocycles. The maximum absolute atomic E-state index is 13.8. The largest absolute Gasteiger partial charge is 0.330 e. The fraction of sp³-hybridized carbons (Fsp3) is 0.357. The van der Waals surface area contributed by atoms with E-state index >= 15 is 0 Å². The van der Waals surface area contributed by atoms with Crippen molar-refractivity contribution < 1.29 is 8.78 Å². The summed E-state index contributed by atoms with van der Waals surface area (Å²) in [4.78, 5) is 4.33. The molecular formula is C14H15F2N3S2. The third-order valence-electron chi connectivity index (χ3n) is 3.53. The van der Waals surface area contributed by atoms with Crippen molar-refractivity contribution in [3.8, 4) is 0 Å². The SMILES string of the molecule is NCCSSc1nccn1C1CCc2c(F)cc(F)cc21. The monoisotopic (exact) mass is 327 g/mol. The summed E-state index contributed by atoms with van der Waals surface area (Å²) in [5.74, 6) is -0.133. The van der Waals surface area contributed by atoms with E-state index in [1.165, 1.54) is 6.07 Å². The van der Waals surface area contributed by atoms with E-state index in [0.717, 1.165) is 29.0 Å². The van der Waals surface area contributed by atoms with Crippen molar-refractivity contribution in [1.29, 1.82) is 0 Å². The van der Waals surface area contributed by atoms with Gasteiger partial charge >= 0.3 is 0 Å². The van der Waals surface area contributed by atoms with Gasteiger partial charge in [0.25, 0.3) is 0 Å². The molecule has 0 spiro atoms. The van der Waals surface area contributed by atoms with Crippen LogP contribution in [0.25, 0.3) is 0 Å². The minimum Gasteiger partial charge on any atom is -0.330 e. The Morgan fingerprint density at radius 1 is 1.38 bits per heavy atom. The standard InChI is InChI=1S/C14H15F2N3S2/c15-9-7-11-10(12(16)8-9)1-2-13(11)19-5-4-18-14(19)21-20-6-3-17/h4-5,7-8,13H,1-3,6,17H2. The fourth-order valence-electron chi connectivity index (χ4n) is 2.65. The lowest BCUT2D eigenvalue weighted by atomic mass is 10.1. The summed E-state index contributed by atoms with van der Waals surface area (Å²) in [6, 6.07) is 2.35. The smallest absolute Gasteiger partial charge is 0.179 e. The molecule has 112 valence electrons. The highest BCUT2D eigenvalue weighted by atomic mass is 33.1. The number of rotatable bonds is 5. The Morgan fingerprint density at radius 3 is 3.05 bits per heavy atom. The zero-order valence-corrected chi connectivity index (χ0v) is 12.9. The minimum atomic E-state index is -0.523. The van der Waals surface area contributed by atoms with Crippen LogP contribution >= 0.6 is 21.6 Å². The second-order valence-corrected chi connectivity index (χ2v) is 7.20. The molecule has 3 rings (SSSR count). The predicted molar refractivity (Wildman–Crippen MR) is 82.4 cm³/mol. The Balaban J connectivity index is 1.89. The number of nitrogens with two attached hydrogens (primary N) is 1. The van der Waals surface area contributed by atoms with E-state index in [9.17, 15) is 8.78 Å². The number of hydrogen-bond donors (Lipinski definition) is 1. The first-order valence-electron chi connectivity index (χ1n) is 6.71. The Hall–Kier alpha value is -1.05. The number of imidazole rings is 1. The summed E-state index contributed by atoms with van der Waals surface area (Å²) in [6.07, 6.45) is 4.98. The van der Waals surface area contributed by atoms with E-state index in [0.29, 0.717) is 18.5 Å². The zero-order valence-electron chi connectivity index (χ0n) is 11.3. The first-order chi connectivity index (χ1) is 10.2. The molecule has 1 aromatic heterocycles. The molecule has 7 heteroatoms. The van der Waals surface area contributed by atoms with Gasteiger partial charge in [-0.25, -0.2) is 13.8 Å². The van der Waals surface area contributed by atoms with Gasteiger partial charge in [-0.3, -0.25) is 0 Å². The second kappa shape index (κ2) is 6.37. The van der Waals surface area contributed by atoms with Crippen LogP contribution in [-0.4, -0.2) is 21.8 Å². The summed E-state index contributed by atoms with van der Waals surface area (Å²) in [6.45, 7) is 0.612. The molecule has 2 N–H and O–H groups in total. The second-order valence-electron chi connectivity index (χ2n) is 4.82. The first-order valence-corrected chi connectivity index (χ1v) is 9.02. The van der Waals surface area contributed by atoms with Crippen LogP contribution in [0.5, 0.6) is 0 Å². The molecule has 1 unspecified atom stereocenters. The van der Waals surface area contributed by atoms with Gasteiger partial charge in [0.15, 0.2) is 5.16 Å². The quantitative estimate of drug-likeness (QED) is 0.675. The average molecular weight is 327 g/mol. The number of halogens is 2. The van der Waals surface area contributed by atoms with Crippen molar-refractivity contribution >= 4 is 21.6 Å². The van der Waals surface area contributed by atoms with E-state index < -0.39 is 11.6 Å². The Labute approximate surface area is 129 Å². The summed E-state index contributed by atoms with van der Waals surface area (Å²) in [7, 11) is 3.18. The lowest BCUT2D eigenvalue weighted by Crippen LogP contribution is -2.08. The molecule has 0 radical (unpaired) electrons. The van der Waals surface area contributed by atoms with E-state index in [2.05, 4.69) is 4.98 Å². The van der Waals surface area contributed by atoms with Gasteiger partial charge in [0, 0.05) is 30.8 Å². The van der Waals surface area contributed by atoms with Crippen LogP contribution in [0.2, 0.25) is 0 Å². The van der Waals surface area contributed by atoms with Gasteiger partial charge in [-0.15, -0.1) is 0 Å². The van der Waals surface area contributed by atoms with Crippen molar-refractivity contribution in [2.24, 2.45) is 5.73 Å². The molecule has 0 bridgehead atoms. The molecular weight excluding hydrogens is 312 g/mol. The highest BCUT2D eigenvalue weighted by Crippen LogP contribution is 2.40. The van der Waals surface area contributed by atoms with Gasteiger partial charge in [-0.05, 0) is 40.8 Å². The number of hydrogen-bond acceptors (Lipinski definition) is 4. The lowest BCUT2D eigenvalue weighted by molar-refractivity contribution is 0.532. The fourth-order valence-corrected chi connectivity index (χ4v) is 4.56. The first kappa shape index (κ1) is 14.9. The average Bonchev–Trinajstić information content (AvgIpc) is 3.05. The lowest BCUT2D eigenvalue weighted by Gasteiger charge is -2.16. The summed E-state index contributed by atoms with van der Waals surface area (Å²) >= 11 is 0. The van der Waals surface area contributed by atoms with Crippen molar-refractivity contribution in [1.82, 2.24) is 9.55 Å². The molecule has 21 heavy (non-hydrogen) atoms. The summed E-state index contributed by atoms with van der Waals surface area (Å²) in [5.41, 5.74) is 6.84. The predicted octanol–water partition coefficient (Wildman–Crippen LogP) is 3.40. The Bertz CT molecular complexity index is 645. The van der Waals surface area contributed by atoms with Crippen LogP contribution < -0.4 is 5.73 Å². The van der Waals surface area contributed by atoms with Gasteiger partial charge in [-0.1, -0.05) is 10.8 Å². The van der Waals surface area contributed by atoms with Gasteiger partial charge < -0.3 is 10.3 Å². The van der Waals surface area contributed by atoms with Crippen LogP contribution in [0.4, 0.5) is 8.78 Å². The normalized spacial score (nSPS) is 17.2. The van der Waals surface area contributed by atoms with Crippen LogP contribution in [-0.2, 0) is 6.42 Å². The molecule has 1 aromatic carbocycles. The minimum absolute atomic E-state index is 0.0475. The molecule has 0 fully saturated rings. The van der Waals surface area contributed by atoms with E-state index in [-0.39, 0.29) is 6.04 Å². The van der Waals surface area contributed by atoms with Crippen molar-refractivity contribution in [3.63, 3.8) is 0 Å². The highest BCUT2D eigenvalue weighted by Gasteiger charge is 2.28. The maximum Gasteiger partial charge on any atom is 0.179 e. The highest BCUT2D eigenvalue weighted by molar-refractivity contribution is 8.76. The number of benzene rings is 1. The molecule has 1 aliphatic carbocycles. The van der Waals surface area contributed by atoms with Crippen molar-refractivity contribution in [2.45, 2.75) is 24.0 Å². The van der Waals surface area contributed by atoms with Crippen LogP contribution in [0, 0.1) is 11.6 Å². The molecule has 1 aliphatic rings. The summed E-state index contributed by atoms with van der Waals surface area (Å²) < 4.78 is 29.3. The van der Waals surface area contributed by atoms with E-state index in [4.69, 9.17) is 5.73 Å². The third kappa shape index (κ3) is 2.95. The Morgan fingerprint density at radius 2 is 2.24 bits per heavy atom. The third-order valence-corrected chi connectivity index (χ3v) is 5.81. The molecule has 1 atom stereocenters. The molecule has 3 nitrogen and oxygen atoms in total. The number of nitrogens with zero attached hydrogens (tertiary/aromatic N) is 2. The number of fused-ring (bicyclic) bond motifs is 1. The van der Waals surface area contributed by atoms with Gasteiger partial charge in [0.05, 0.1) is 6.04 Å². The maximum atomic E-state index is 13.8. The van der Waals surface area contributed by atoms with E-state index in [1.54, 1.807) is 27.8 Å². The van der Waals surface area contributed by atoms with Crippen LogP contribution in [0.1, 0.15) is 23.6 Å². The molecule has 1 heterocycles.